The first-order chi connectivity index (χ1) is 7.68. The molecule has 0 atom stereocenters. The second-order valence-corrected chi connectivity index (χ2v) is 4.01. The molecule has 0 aliphatic heterocycles. The van der Waals surface area contributed by atoms with Crippen molar-refractivity contribution in [2.75, 3.05) is 17.6 Å². The van der Waals surface area contributed by atoms with Crippen molar-refractivity contribution in [1.82, 2.24) is 4.98 Å². The van der Waals surface area contributed by atoms with Gasteiger partial charge in [-0.3, -0.25) is 4.98 Å². The van der Waals surface area contributed by atoms with Gasteiger partial charge in [0.15, 0.2) is 0 Å². The summed E-state index contributed by atoms with van der Waals surface area (Å²) in [6.45, 7) is 4.15. The van der Waals surface area contributed by atoms with Gasteiger partial charge in [-0.1, -0.05) is 18.2 Å². The van der Waals surface area contributed by atoms with Gasteiger partial charge >= 0.3 is 0 Å². The van der Waals surface area contributed by atoms with E-state index in [9.17, 15) is 0 Å². The number of hydrogen-bond donors (Lipinski definition) is 2. The van der Waals surface area contributed by atoms with Crippen molar-refractivity contribution in [2.24, 2.45) is 0 Å². The fourth-order valence-corrected chi connectivity index (χ4v) is 1.61. The van der Waals surface area contributed by atoms with Gasteiger partial charge in [-0.25, -0.2) is 0 Å². The highest BCUT2D eigenvalue weighted by molar-refractivity contribution is 6.29. The Morgan fingerprint density at radius 3 is 3.00 bits per heavy atom. The van der Waals surface area contributed by atoms with E-state index in [4.69, 9.17) is 17.3 Å². The predicted octanol–water partition coefficient (Wildman–Crippen LogP) is 2.98. The predicted molar refractivity (Wildman–Crippen MR) is 69.6 cm³/mol. The second kappa shape index (κ2) is 4.41. The lowest BCUT2D eigenvalue weighted by Gasteiger charge is -2.09. The molecule has 0 radical (unpaired) electrons. The molecular formula is C12H12ClN3. The van der Waals surface area contributed by atoms with E-state index in [0.29, 0.717) is 17.3 Å². The zero-order chi connectivity index (χ0) is 11.5. The molecule has 2 rings (SSSR count). The molecular weight excluding hydrogens is 222 g/mol. The van der Waals surface area contributed by atoms with Crippen LogP contribution in [0, 0.1) is 0 Å². The standard InChI is InChI=1S/C12H12ClN3/c1-8(13)7-16-11-5-4-10(14)12-9(11)3-2-6-15-12/h2-6,16H,1,7,14H2. The first-order valence-electron chi connectivity index (χ1n) is 4.89. The van der Waals surface area contributed by atoms with E-state index in [1.807, 2.05) is 24.3 Å². The van der Waals surface area contributed by atoms with Crippen LogP contribution in [-0.4, -0.2) is 11.5 Å². The van der Waals surface area contributed by atoms with Crippen LogP contribution in [0.15, 0.2) is 42.1 Å². The third kappa shape index (κ3) is 2.09. The van der Waals surface area contributed by atoms with Crippen molar-refractivity contribution in [3.63, 3.8) is 0 Å². The third-order valence-electron chi connectivity index (χ3n) is 2.27. The summed E-state index contributed by atoms with van der Waals surface area (Å²) in [6, 6.07) is 7.59. The summed E-state index contributed by atoms with van der Waals surface area (Å²) >= 11 is 5.71. The molecule has 0 bridgehead atoms. The van der Waals surface area contributed by atoms with E-state index in [-0.39, 0.29) is 0 Å². The van der Waals surface area contributed by atoms with Gasteiger partial charge in [-0.05, 0) is 24.3 Å². The summed E-state index contributed by atoms with van der Waals surface area (Å²) in [7, 11) is 0. The van der Waals surface area contributed by atoms with Crippen LogP contribution in [0.3, 0.4) is 0 Å². The van der Waals surface area contributed by atoms with Gasteiger partial charge in [0.1, 0.15) is 0 Å². The Hall–Kier alpha value is -1.74. The van der Waals surface area contributed by atoms with Crippen LogP contribution >= 0.6 is 11.6 Å². The molecule has 0 aliphatic rings. The summed E-state index contributed by atoms with van der Waals surface area (Å²) in [4.78, 5) is 4.25. The number of hydrogen-bond acceptors (Lipinski definition) is 3. The van der Waals surface area contributed by atoms with Crippen LogP contribution in [-0.2, 0) is 0 Å². The van der Waals surface area contributed by atoms with Crippen molar-refractivity contribution in [2.45, 2.75) is 0 Å². The largest absolute Gasteiger partial charge is 0.397 e. The molecule has 82 valence electrons. The van der Waals surface area contributed by atoms with Crippen molar-refractivity contribution in [3.05, 3.63) is 42.1 Å². The highest BCUT2D eigenvalue weighted by Crippen LogP contribution is 2.26. The lowest BCUT2D eigenvalue weighted by Crippen LogP contribution is -2.02. The van der Waals surface area contributed by atoms with Crippen molar-refractivity contribution < 1.29 is 0 Å². The lowest BCUT2D eigenvalue weighted by atomic mass is 10.1. The Morgan fingerprint density at radius 1 is 1.44 bits per heavy atom. The number of nitrogens with one attached hydrogen (secondary N) is 1. The maximum atomic E-state index is 5.85. The smallest absolute Gasteiger partial charge is 0.0951 e. The topological polar surface area (TPSA) is 50.9 Å². The van der Waals surface area contributed by atoms with E-state index >= 15 is 0 Å². The number of fused-ring (bicyclic) bond motifs is 1. The lowest BCUT2D eigenvalue weighted by molar-refractivity contribution is 1.32. The molecule has 0 unspecified atom stereocenters. The molecule has 2 aromatic rings. The zero-order valence-electron chi connectivity index (χ0n) is 8.70. The Bertz CT molecular complexity index is 537. The molecule has 1 heterocycles. The number of nitrogens with two attached hydrogens (primary N) is 1. The highest BCUT2D eigenvalue weighted by Gasteiger charge is 2.04. The molecule has 1 aromatic heterocycles. The first kappa shape index (κ1) is 10.8. The van der Waals surface area contributed by atoms with E-state index in [2.05, 4.69) is 16.9 Å². The van der Waals surface area contributed by atoms with Crippen LogP contribution in [0.2, 0.25) is 0 Å². The molecule has 1 aromatic carbocycles. The number of nitrogens with zero attached hydrogens (tertiary/aromatic N) is 1. The fourth-order valence-electron chi connectivity index (χ4n) is 1.54. The molecule has 0 saturated carbocycles. The normalized spacial score (nSPS) is 10.3. The molecule has 0 spiro atoms. The van der Waals surface area contributed by atoms with E-state index < -0.39 is 0 Å². The van der Waals surface area contributed by atoms with Crippen LogP contribution in [0.5, 0.6) is 0 Å². The number of anilines is 2. The highest BCUT2D eigenvalue weighted by atomic mass is 35.5. The Labute approximate surface area is 98.9 Å². The molecule has 4 heteroatoms. The first-order valence-corrected chi connectivity index (χ1v) is 5.26. The van der Waals surface area contributed by atoms with Crippen LogP contribution in [0.25, 0.3) is 10.9 Å². The number of aromatic nitrogens is 1. The fraction of sp³-hybridized carbons (Fsp3) is 0.0833. The van der Waals surface area contributed by atoms with Crippen LogP contribution in [0.4, 0.5) is 11.4 Å². The van der Waals surface area contributed by atoms with Crippen molar-refractivity contribution in [1.29, 1.82) is 0 Å². The average Bonchev–Trinajstić information content (AvgIpc) is 2.28. The monoisotopic (exact) mass is 233 g/mol. The maximum Gasteiger partial charge on any atom is 0.0951 e. The van der Waals surface area contributed by atoms with Gasteiger partial charge in [-0.2, -0.15) is 0 Å². The molecule has 3 nitrogen and oxygen atoms in total. The molecule has 0 fully saturated rings. The van der Waals surface area contributed by atoms with Gasteiger partial charge in [0.2, 0.25) is 0 Å². The van der Waals surface area contributed by atoms with Crippen LogP contribution in [0.1, 0.15) is 0 Å². The van der Waals surface area contributed by atoms with Gasteiger partial charge < -0.3 is 11.1 Å². The number of halogens is 1. The molecule has 0 aliphatic carbocycles. The van der Waals surface area contributed by atoms with E-state index in [1.165, 1.54) is 0 Å². The van der Waals surface area contributed by atoms with Gasteiger partial charge in [0.25, 0.3) is 0 Å². The average molecular weight is 234 g/mol. The zero-order valence-corrected chi connectivity index (χ0v) is 9.46. The molecule has 3 N–H and O–H groups in total. The summed E-state index contributed by atoms with van der Waals surface area (Å²) in [5.41, 5.74) is 8.28. The van der Waals surface area contributed by atoms with Gasteiger partial charge in [0.05, 0.1) is 17.7 Å². The summed E-state index contributed by atoms with van der Waals surface area (Å²) in [5.74, 6) is 0. The Morgan fingerprint density at radius 2 is 2.25 bits per heavy atom. The minimum Gasteiger partial charge on any atom is -0.397 e. The number of rotatable bonds is 3. The molecule has 0 saturated heterocycles. The van der Waals surface area contributed by atoms with Crippen molar-refractivity contribution in [3.8, 4) is 0 Å². The SMILES string of the molecule is C=C(Cl)CNc1ccc(N)c2ncccc12. The quantitative estimate of drug-likeness (QED) is 0.802. The summed E-state index contributed by atoms with van der Waals surface area (Å²) in [6.07, 6.45) is 1.73. The summed E-state index contributed by atoms with van der Waals surface area (Å²) in [5, 5.41) is 4.74. The van der Waals surface area contributed by atoms with Crippen LogP contribution < -0.4 is 11.1 Å². The number of nitrogen functional groups attached to an aromatic ring is 1. The third-order valence-corrected chi connectivity index (χ3v) is 2.41. The Balaban J connectivity index is 2.46. The van der Waals surface area contributed by atoms with Gasteiger partial charge in [0, 0.05) is 22.3 Å². The Kier molecular flexibility index (Phi) is 2.97. The minimum atomic E-state index is 0.523. The molecule has 16 heavy (non-hydrogen) atoms. The van der Waals surface area contributed by atoms with Gasteiger partial charge in [-0.15, -0.1) is 0 Å². The van der Waals surface area contributed by atoms with E-state index in [0.717, 1.165) is 16.6 Å². The van der Waals surface area contributed by atoms with E-state index in [1.54, 1.807) is 6.20 Å². The maximum absolute atomic E-state index is 5.85. The summed E-state index contributed by atoms with van der Waals surface area (Å²) < 4.78 is 0. The number of benzene rings is 1. The minimum absolute atomic E-state index is 0.523. The molecule has 0 amide bonds. The van der Waals surface area contributed by atoms with Crippen molar-refractivity contribution >= 4 is 33.9 Å². The second-order valence-electron chi connectivity index (χ2n) is 3.47. The number of pyridine rings is 1.